The van der Waals surface area contributed by atoms with E-state index in [9.17, 15) is 13.0 Å². The van der Waals surface area contributed by atoms with Crippen LogP contribution in [0.3, 0.4) is 0 Å². The van der Waals surface area contributed by atoms with Crippen LogP contribution in [0.25, 0.3) is 0 Å². The summed E-state index contributed by atoms with van der Waals surface area (Å²) in [7, 11) is -1.41. The Bertz CT molecular complexity index is 608. The van der Waals surface area contributed by atoms with Crippen molar-refractivity contribution in [3.63, 3.8) is 0 Å². The van der Waals surface area contributed by atoms with Crippen molar-refractivity contribution >= 4 is 10.8 Å². The molecule has 2 aromatic carbocycles. The van der Waals surface area contributed by atoms with Gasteiger partial charge in [0.2, 0.25) is 0 Å². The minimum Gasteiger partial charge on any atom is -0.258 e. The molecule has 2 rings (SSSR count). The molecule has 0 bridgehead atoms. The third-order valence-corrected chi connectivity index (χ3v) is 5.68. The molecule has 0 N–H and O–H groups in total. The Morgan fingerprint density at radius 3 is 2.10 bits per heavy atom. The van der Waals surface area contributed by atoms with E-state index in [4.69, 9.17) is 0 Å². The van der Waals surface area contributed by atoms with Crippen LogP contribution in [0.5, 0.6) is 0 Å². The van der Waals surface area contributed by atoms with Gasteiger partial charge in [-0.1, -0.05) is 43.3 Å². The first-order valence-corrected chi connectivity index (χ1v) is 8.22. The normalized spacial score (nSPS) is 15.4. The molecule has 0 radical (unpaired) electrons. The van der Waals surface area contributed by atoms with Gasteiger partial charge in [-0.2, -0.15) is 0 Å². The van der Waals surface area contributed by atoms with Crippen LogP contribution in [0.1, 0.15) is 41.9 Å². The van der Waals surface area contributed by atoms with Crippen molar-refractivity contribution < 1.29 is 13.0 Å². The molecule has 0 saturated heterocycles. The lowest BCUT2D eigenvalue weighted by Crippen LogP contribution is -2.14. The summed E-state index contributed by atoms with van der Waals surface area (Å²) in [6.07, 6.45) is 0.650. The van der Waals surface area contributed by atoms with Crippen molar-refractivity contribution in [1.82, 2.24) is 0 Å². The summed E-state index contributed by atoms with van der Waals surface area (Å²) in [5.41, 5.74) is 0.840. The minimum absolute atomic E-state index is 0.0924. The largest absolute Gasteiger partial charge is 0.258 e. The number of hydrogen-bond acceptors (Lipinski definition) is 1. The van der Waals surface area contributed by atoms with Crippen molar-refractivity contribution in [2.45, 2.75) is 30.8 Å². The molecule has 0 unspecified atom stereocenters. The predicted octanol–water partition coefficient (Wildman–Crippen LogP) is 4.93. The summed E-state index contributed by atoms with van der Waals surface area (Å²) in [6, 6.07) is 13.2. The Kier molecular flexibility index (Phi) is 5.23. The molecule has 112 valence electrons. The first kappa shape index (κ1) is 15.8. The lowest BCUT2D eigenvalue weighted by atomic mass is 10.1. The van der Waals surface area contributed by atoms with Gasteiger partial charge in [-0.3, -0.25) is 4.21 Å². The highest BCUT2D eigenvalue weighted by Crippen LogP contribution is 2.34. The van der Waals surface area contributed by atoms with Crippen LogP contribution >= 0.6 is 0 Å². The molecular weight excluding hydrogens is 290 g/mol. The van der Waals surface area contributed by atoms with E-state index >= 15 is 0 Å². The Balaban J connectivity index is 2.34. The second-order valence-electron chi connectivity index (χ2n) is 4.91. The van der Waals surface area contributed by atoms with Gasteiger partial charge >= 0.3 is 0 Å². The average Bonchev–Trinajstić information content (AvgIpc) is 2.48. The van der Waals surface area contributed by atoms with E-state index in [0.717, 1.165) is 5.56 Å². The number of halogens is 2. The second-order valence-corrected chi connectivity index (χ2v) is 6.85. The maximum Gasteiger partial charge on any atom is 0.130 e. The monoisotopic (exact) mass is 308 g/mol. The summed E-state index contributed by atoms with van der Waals surface area (Å²) in [6.45, 7) is 3.54. The van der Waals surface area contributed by atoms with Gasteiger partial charge in [-0.25, -0.2) is 8.78 Å². The van der Waals surface area contributed by atoms with E-state index in [1.54, 1.807) is 6.92 Å². The molecule has 0 aliphatic carbocycles. The molecule has 4 heteroatoms. The Hall–Kier alpha value is -1.55. The molecule has 0 aromatic heterocycles. The summed E-state index contributed by atoms with van der Waals surface area (Å²) in [4.78, 5) is 0. The third-order valence-electron chi connectivity index (χ3n) is 3.58. The second kappa shape index (κ2) is 6.94. The molecule has 0 saturated carbocycles. The SMILES string of the molecule is CC[C@H](c1ccccc1)[S@@](=O)[C@@H](C)c1c(F)cccc1F. The number of benzene rings is 2. The van der Waals surface area contributed by atoms with Crippen LogP contribution in [0.2, 0.25) is 0 Å². The molecule has 0 spiro atoms. The fourth-order valence-electron chi connectivity index (χ4n) is 2.46. The van der Waals surface area contributed by atoms with Crippen molar-refractivity contribution in [3.05, 3.63) is 71.3 Å². The molecule has 0 heterocycles. The fourth-order valence-corrected chi connectivity index (χ4v) is 4.17. The summed E-state index contributed by atoms with van der Waals surface area (Å²) in [5, 5.41) is -0.934. The van der Waals surface area contributed by atoms with Gasteiger partial charge in [-0.05, 0) is 31.0 Å². The molecule has 21 heavy (non-hydrogen) atoms. The lowest BCUT2D eigenvalue weighted by molar-refractivity contribution is 0.552. The maximum absolute atomic E-state index is 13.9. The van der Waals surface area contributed by atoms with Gasteiger partial charge in [0.05, 0.1) is 10.5 Å². The molecule has 1 nitrogen and oxygen atoms in total. The van der Waals surface area contributed by atoms with E-state index in [1.165, 1.54) is 18.2 Å². The van der Waals surface area contributed by atoms with Gasteiger partial charge in [0.1, 0.15) is 11.6 Å². The lowest BCUT2D eigenvalue weighted by Gasteiger charge is -2.21. The standard InChI is InChI=1S/C17H18F2OS/c1-3-16(13-8-5-4-6-9-13)21(20)12(2)17-14(18)10-7-11-15(17)19/h4-12,16H,3H2,1-2H3/t12-,16+,21-/m0/s1. The third kappa shape index (κ3) is 3.38. The van der Waals surface area contributed by atoms with Crippen LogP contribution in [0.15, 0.2) is 48.5 Å². The maximum atomic E-state index is 13.9. The first-order valence-electron chi connectivity index (χ1n) is 6.94. The van der Waals surface area contributed by atoms with Gasteiger partial charge in [-0.15, -0.1) is 0 Å². The number of hydrogen-bond donors (Lipinski definition) is 0. The highest BCUT2D eigenvalue weighted by atomic mass is 32.2. The van der Waals surface area contributed by atoms with E-state index in [-0.39, 0.29) is 10.8 Å². The van der Waals surface area contributed by atoms with E-state index in [0.29, 0.717) is 6.42 Å². The number of rotatable bonds is 5. The zero-order valence-corrected chi connectivity index (χ0v) is 12.9. The minimum atomic E-state index is -1.41. The van der Waals surface area contributed by atoms with Gasteiger partial charge < -0.3 is 0 Å². The van der Waals surface area contributed by atoms with Crippen LogP contribution in [-0.2, 0) is 10.8 Å². The molecule has 0 aliphatic heterocycles. The van der Waals surface area contributed by atoms with E-state index < -0.39 is 27.7 Å². The molecule has 2 aromatic rings. The fraction of sp³-hybridized carbons (Fsp3) is 0.294. The summed E-state index contributed by atoms with van der Waals surface area (Å²) < 4.78 is 40.5. The van der Waals surface area contributed by atoms with Crippen molar-refractivity contribution in [3.8, 4) is 0 Å². The van der Waals surface area contributed by atoms with E-state index in [1.807, 2.05) is 37.3 Å². The molecule has 3 atom stereocenters. The Morgan fingerprint density at radius 2 is 1.57 bits per heavy atom. The Labute approximate surface area is 126 Å². The molecule has 0 aliphatic rings. The topological polar surface area (TPSA) is 17.1 Å². The Morgan fingerprint density at radius 1 is 1.00 bits per heavy atom. The zero-order chi connectivity index (χ0) is 15.4. The molecular formula is C17H18F2OS. The smallest absolute Gasteiger partial charge is 0.130 e. The van der Waals surface area contributed by atoms with E-state index in [2.05, 4.69) is 0 Å². The first-order chi connectivity index (χ1) is 10.1. The van der Waals surface area contributed by atoms with Crippen molar-refractivity contribution in [1.29, 1.82) is 0 Å². The van der Waals surface area contributed by atoms with Gasteiger partial charge in [0.15, 0.2) is 0 Å². The zero-order valence-electron chi connectivity index (χ0n) is 12.1. The van der Waals surface area contributed by atoms with Crippen LogP contribution in [-0.4, -0.2) is 4.21 Å². The molecule has 0 amide bonds. The summed E-state index contributed by atoms with van der Waals surface area (Å²) >= 11 is 0. The van der Waals surface area contributed by atoms with Crippen LogP contribution in [0.4, 0.5) is 8.78 Å². The molecule has 0 fully saturated rings. The van der Waals surface area contributed by atoms with Crippen molar-refractivity contribution in [2.75, 3.05) is 0 Å². The highest BCUT2D eigenvalue weighted by Gasteiger charge is 2.27. The van der Waals surface area contributed by atoms with Crippen LogP contribution in [0, 0.1) is 11.6 Å². The van der Waals surface area contributed by atoms with Gasteiger partial charge in [0, 0.05) is 16.4 Å². The quantitative estimate of drug-likeness (QED) is 0.765. The predicted molar refractivity (Wildman–Crippen MR) is 82.4 cm³/mol. The van der Waals surface area contributed by atoms with Crippen LogP contribution < -0.4 is 0 Å². The average molecular weight is 308 g/mol. The van der Waals surface area contributed by atoms with Crippen molar-refractivity contribution in [2.24, 2.45) is 0 Å². The van der Waals surface area contributed by atoms with Gasteiger partial charge in [0.25, 0.3) is 0 Å². The highest BCUT2D eigenvalue weighted by molar-refractivity contribution is 7.85. The summed E-state index contributed by atoms with van der Waals surface area (Å²) in [5.74, 6) is -1.28.